The van der Waals surface area contributed by atoms with Crippen LogP contribution in [-0.4, -0.2) is 76.3 Å². The summed E-state index contributed by atoms with van der Waals surface area (Å²) in [6.45, 7) is 1.32. The summed E-state index contributed by atoms with van der Waals surface area (Å²) < 4.78 is 2.86. The quantitative estimate of drug-likeness (QED) is 0.582. The van der Waals surface area contributed by atoms with E-state index in [1.165, 1.54) is 4.90 Å². The van der Waals surface area contributed by atoms with Gasteiger partial charge in [0.15, 0.2) is 11.2 Å². The summed E-state index contributed by atoms with van der Waals surface area (Å²) in [6, 6.07) is 6.15. The van der Waals surface area contributed by atoms with Gasteiger partial charge in [0.1, 0.15) is 0 Å². The van der Waals surface area contributed by atoms with Crippen molar-refractivity contribution >= 4 is 17.2 Å². The molecule has 0 aromatic carbocycles. The molecule has 3 aliphatic rings. The van der Waals surface area contributed by atoms with Crippen molar-refractivity contribution in [1.29, 1.82) is 0 Å². The molecule has 178 valence electrons. The zero-order chi connectivity index (χ0) is 23.4. The molecule has 3 fully saturated rings. The summed E-state index contributed by atoms with van der Waals surface area (Å²) >= 11 is 0. The molecule has 6 rings (SSSR count). The van der Waals surface area contributed by atoms with Crippen LogP contribution in [-0.2, 0) is 6.54 Å². The summed E-state index contributed by atoms with van der Waals surface area (Å²) in [6.07, 6.45) is 7.09. The number of nitrogens with zero attached hydrogens (tertiary/aromatic N) is 6. The minimum absolute atomic E-state index is 0.0203. The van der Waals surface area contributed by atoms with Crippen molar-refractivity contribution in [3.05, 3.63) is 57.3 Å². The Hall–Kier alpha value is -3.31. The molecule has 0 radical (unpaired) electrons. The number of aliphatic hydroxyl groups is 1. The Morgan fingerprint density at radius 1 is 1.09 bits per heavy atom. The average molecular weight is 466 g/mol. The number of piperidine rings is 1. The molecule has 3 atom stereocenters. The van der Waals surface area contributed by atoms with Gasteiger partial charge in [-0.2, -0.15) is 4.57 Å². The molecule has 0 saturated carbocycles. The third-order valence-electron chi connectivity index (χ3n) is 7.57. The second-order valence-electron chi connectivity index (χ2n) is 9.59. The van der Waals surface area contributed by atoms with Gasteiger partial charge in [0, 0.05) is 44.0 Å². The largest absolute Gasteiger partial charge is 0.391 e. The molecule has 2 N–H and O–H groups in total. The Kier molecular flexibility index (Phi) is 5.10. The molecule has 0 aliphatic carbocycles. The van der Waals surface area contributed by atoms with E-state index in [4.69, 9.17) is 0 Å². The molecular formula is C23H27N7O4. The molecule has 6 heterocycles. The van der Waals surface area contributed by atoms with Gasteiger partial charge < -0.3 is 14.6 Å². The lowest BCUT2D eigenvalue weighted by Gasteiger charge is -2.39. The van der Waals surface area contributed by atoms with E-state index in [1.54, 1.807) is 6.33 Å². The molecule has 3 saturated heterocycles. The van der Waals surface area contributed by atoms with Crippen molar-refractivity contribution in [3.8, 4) is 0 Å². The lowest BCUT2D eigenvalue weighted by Crippen LogP contribution is -2.45. The maximum absolute atomic E-state index is 13.3. The maximum Gasteiger partial charge on any atom is 0.338 e. The molecule has 2 bridgehead atoms. The van der Waals surface area contributed by atoms with Crippen LogP contribution in [0.4, 0.5) is 4.79 Å². The first kappa shape index (κ1) is 21.2. The van der Waals surface area contributed by atoms with E-state index < -0.39 is 23.4 Å². The van der Waals surface area contributed by atoms with Gasteiger partial charge >= 0.3 is 11.7 Å². The van der Waals surface area contributed by atoms with E-state index in [9.17, 15) is 19.5 Å². The van der Waals surface area contributed by atoms with E-state index in [-0.39, 0.29) is 23.8 Å². The number of likely N-dealkylation sites (tertiary alicyclic amines) is 1. The first-order chi connectivity index (χ1) is 16.5. The van der Waals surface area contributed by atoms with Crippen LogP contribution in [0.2, 0.25) is 0 Å². The first-order valence-corrected chi connectivity index (χ1v) is 11.8. The fraction of sp³-hybridized carbons (Fsp3) is 0.522. The summed E-state index contributed by atoms with van der Waals surface area (Å²) in [5, 5.41) is 9.87. The SMILES string of the molecule is O=C(N1CCC(O)C1)n1c(=O)[nH]c(=O)c2ncn(C3CC4CCC(C3)N4Cc3ccccn3)c21. The topological polar surface area (TPSA) is 129 Å². The Labute approximate surface area is 194 Å². The third kappa shape index (κ3) is 3.46. The number of H-pyrrole nitrogens is 1. The van der Waals surface area contributed by atoms with Crippen molar-refractivity contribution < 1.29 is 9.90 Å². The van der Waals surface area contributed by atoms with Crippen LogP contribution in [0, 0.1) is 0 Å². The molecule has 11 nitrogen and oxygen atoms in total. The Balaban J connectivity index is 1.35. The van der Waals surface area contributed by atoms with Gasteiger partial charge in [0.2, 0.25) is 0 Å². The molecule has 11 heteroatoms. The normalized spacial score (nSPS) is 27.0. The number of amides is 1. The molecule has 3 unspecified atom stereocenters. The lowest BCUT2D eigenvalue weighted by atomic mass is 9.96. The number of hydrogen-bond acceptors (Lipinski definition) is 7. The van der Waals surface area contributed by atoms with Crippen molar-refractivity contribution in [3.63, 3.8) is 0 Å². The first-order valence-electron chi connectivity index (χ1n) is 11.8. The summed E-state index contributed by atoms with van der Waals surface area (Å²) in [5.41, 5.74) is -0.00982. The Morgan fingerprint density at radius 3 is 2.56 bits per heavy atom. The predicted molar refractivity (Wildman–Crippen MR) is 122 cm³/mol. The number of imidazole rings is 1. The molecule has 3 aromatic heterocycles. The summed E-state index contributed by atoms with van der Waals surface area (Å²) in [5.74, 6) is 0. The Morgan fingerprint density at radius 2 is 1.88 bits per heavy atom. The third-order valence-corrected chi connectivity index (χ3v) is 7.57. The number of pyridine rings is 1. The van der Waals surface area contributed by atoms with Crippen LogP contribution in [0.25, 0.3) is 11.2 Å². The number of nitrogens with one attached hydrogen (secondary N) is 1. The number of aromatic nitrogens is 5. The summed E-state index contributed by atoms with van der Waals surface area (Å²) in [4.78, 5) is 53.5. The monoisotopic (exact) mass is 465 g/mol. The van der Waals surface area contributed by atoms with Crippen LogP contribution < -0.4 is 11.2 Å². The van der Waals surface area contributed by atoms with Gasteiger partial charge in [-0.3, -0.25) is 19.7 Å². The predicted octanol–water partition coefficient (Wildman–Crippen LogP) is 0.684. The van der Waals surface area contributed by atoms with E-state index in [1.807, 2.05) is 29.0 Å². The number of hydrogen-bond donors (Lipinski definition) is 2. The minimum Gasteiger partial charge on any atom is -0.391 e. The number of β-amino-alcohol motifs (C(OH)–C–C–N with tert-alkyl or cyclic N) is 1. The van der Waals surface area contributed by atoms with Gasteiger partial charge in [-0.25, -0.2) is 14.6 Å². The minimum atomic E-state index is -0.777. The number of rotatable bonds is 3. The maximum atomic E-state index is 13.3. The molecule has 3 aromatic rings. The van der Waals surface area contributed by atoms with Crippen LogP contribution in [0.15, 0.2) is 40.3 Å². The molecular weight excluding hydrogens is 438 g/mol. The molecule has 0 spiro atoms. The van der Waals surface area contributed by atoms with E-state index in [0.717, 1.165) is 42.5 Å². The van der Waals surface area contributed by atoms with Crippen LogP contribution in [0.5, 0.6) is 0 Å². The van der Waals surface area contributed by atoms with E-state index in [2.05, 4.69) is 19.9 Å². The summed E-state index contributed by atoms with van der Waals surface area (Å²) in [7, 11) is 0. The number of aliphatic hydroxyl groups excluding tert-OH is 1. The van der Waals surface area contributed by atoms with Crippen molar-refractivity contribution in [2.75, 3.05) is 13.1 Å². The van der Waals surface area contributed by atoms with Gasteiger partial charge in [-0.05, 0) is 44.2 Å². The van der Waals surface area contributed by atoms with Gasteiger partial charge in [0.05, 0.1) is 18.1 Å². The number of fused-ring (bicyclic) bond motifs is 3. The lowest BCUT2D eigenvalue weighted by molar-refractivity contribution is 0.0989. The highest BCUT2D eigenvalue weighted by Crippen LogP contribution is 2.42. The van der Waals surface area contributed by atoms with Crippen LogP contribution in [0.3, 0.4) is 0 Å². The highest BCUT2D eigenvalue weighted by atomic mass is 16.3. The average Bonchev–Trinajstić information content (AvgIpc) is 3.51. The fourth-order valence-corrected chi connectivity index (χ4v) is 5.96. The smallest absolute Gasteiger partial charge is 0.338 e. The van der Waals surface area contributed by atoms with Crippen LogP contribution in [0.1, 0.15) is 43.8 Å². The van der Waals surface area contributed by atoms with Gasteiger partial charge in [0.25, 0.3) is 5.56 Å². The van der Waals surface area contributed by atoms with Crippen molar-refractivity contribution in [2.45, 2.75) is 62.9 Å². The second-order valence-corrected chi connectivity index (χ2v) is 9.59. The number of aromatic amines is 1. The highest BCUT2D eigenvalue weighted by Gasteiger charge is 2.42. The fourth-order valence-electron chi connectivity index (χ4n) is 5.96. The van der Waals surface area contributed by atoms with E-state index in [0.29, 0.717) is 25.0 Å². The molecule has 3 aliphatic heterocycles. The zero-order valence-corrected chi connectivity index (χ0v) is 18.7. The van der Waals surface area contributed by atoms with E-state index >= 15 is 0 Å². The van der Waals surface area contributed by atoms with Gasteiger partial charge in [-0.15, -0.1) is 0 Å². The van der Waals surface area contributed by atoms with Crippen molar-refractivity contribution in [2.24, 2.45) is 0 Å². The Bertz CT molecular complexity index is 1330. The zero-order valence-electron chi connectivity index (χ0n) is 18.7. The number of carbonyl (C=O) groups is 1. The number of carbonyl (C=O) groups excluding carboxylic acids is 1. The molecule has 34 heavy (non-hydrogen) atoms. The molecule has 1 amide bonds. The standard InChI is InChI=1S/C23H27N7O4/c31-18-6-8-27(12-18)23(34)30-21-19(20(32)26-22(30)33)25-13-29(21)17-9-15-4-5-16(10-17)28(15)11-14-3-1-2-7-24-14/h1-3,7,13,15-18,31H,4-6,8-12H2,(H,26,32,33). The highest BCUT2D eigenvalue weighted by molar-refractivity contribution is 5.86. The van der Waals surface area contributed by atoms with Gasteiger partial charge in [-0.1, -0.05) is 6.07 Å². The second kappa shape index (κ2) is 8.17. The van der Waals surface area contributed by atoms with Crippen molar-refractivity contribution in [1.82, 2.24) is 33.9 Å². The van der Waals surface area contributed by atoms with Crippen LogP contribution >= 0.6 is 0 Å².